The van der Waals surface area contributed by atoms with Crippen LogP contribution in [0, 0.1) is 0 Å². The second-order valence-corrected chi connectivity index (χ2v) is 4.90. The number of tetrazole rings is 1. The molecule has 0 aliphatic rings. The molecule has 0 fully saturated rings. The van der Waals surface area contributed by atoms with Crippen molar-refractivity contribution in [2.24, 2.45) is 0 Å². The second kappa shape index (κ2) is 7.39. The van der Waals surface area contributed by atoms with Gasteiger partial charge in [0.1, 0.15) is 12.3 Å². The van der Waals surface area contributed by atoms with Crippen molar-refractivity contribution < 1.29 is 9.53 Å². The first kappa shape index (κ1) is 15.7. The van der Waals surface area contributed by atoms with Crippen molar-refractivity contribution in [2.45, 2.75) is 32.9 Å². The summed E-state index contributed by atoms with van der Waals surface area (Å²) in [5.41, 5.74) is 6.51. The standard InChI is InChI=1S/C14H20N6O2/c1-3-8-22-12-6-4-11(5-7-12)10(2)16-13(21)9-20-14(15)17-18-19-20/h4-7,10H,3,8-9H2,1-2H3,(H,16,21)(H2,15,17,19). The van der Waals surface area contributed by atoms with E-state index in [0.717, 1.165) is 17.7 Å². The van der Waals surface area contributed by atoms with E-state index in [-0.39, 0.29) is 24.4 Å². The molecule has 1 unspecified atom stereocenters. The SMILES string of the molecule is CCCOc1ccc(C(C)NC(=O)Cn2nnnc2N)cc1. The summed E-state index contributed by atoms with van der Waals surface area (Å²) < 4.78 is 6.77. The normalized spacial score (nSPS) is 11.9. The Hall–Kier alpha value is -2.64. The molecule has 118 valence electrons. The Balaban J connectivity index is 1.89. The van der Waals surface area contributed by atoms with Crippen molar-refractivity contribution in [2.75, 3.05) is 12.3 Å². The number of benzene rings is 1. The largest absolute Gasteiger partial charge is 0.494 e. The number of amides is 1. The molecule has 0 aliphatic carbocycles. The summed E-state index contributed by atoms with van der Waals surface area (Å²) in [4.78, 5) is 11.9. The molecule has 0 aliphatic heterocycles. The Bertz CT molecular complexity index is 610. The summed E-state index contributed by atoms with van der Waals surface area (Å²) in [6.07, 6.45) is 0.967. The first-order valence-electron chi connectivity index (χ1n) is 7.14. The van der Waals surface area contributed by atoms with Gasteiger partial charge in [-0.2, -0.15) is 0 Å². The highest BCUT2D eigenvalue weighted by Crippen LogP contribution is 2.17. The minimum atomic E-state index is -0.210. The molecule has 2 rings (SSSR count). The number of carbonyl (C=O) groups excluding carboxylic acids is 1. The molecule has 1 heterocycles. The zero-order valence-corrected chi connectivity index (χ0v) is 12.7. The quantitative estimate of drug-likeness (QED) is 0.787. The summed E-state index contributed by atoms with van der Waals surface area (Å²) in [7, 11) is 0. The Morgan fingerprint density at radius 3 is 2.73 bits per heavy atom. The van der Waals surface area contributed by atoms with Gasteiger partial charge in [0.15, 0.2) is 0 Å². The Morgan fingerprint density at radius 1 is 1.41 bits per heavy atom. The van der Waals surface area contributed by atoms with Crippen LogP contribution in [0.15, 0.2) is 24.3 Å². The van der Waals surface area contributed by atoms with Gasteiger partial charge in [-0.15, -0.1) is 0 Å². The fourth-order valence-corrected chi connectivity index (χ4v) is 1.90. The third kappa shape index (κ3) is 4.18. The van der Waals surface area contributed by atoms with Gasteiger partial charge in [-0.05, 0) is 41.5 Å². The summed E-state index contributed by atoms with van der Waals surface area (Å²) in [6.45, 7) is 4.64. The highest BCUT2D eigenvalue weighted by molar-refractivity contribution is 5.76. The number of nitrogens with one attached hydrogen (secondary N) is 1. The lowest BCUT2D eigenvalue weighted by Crippen LogP contribution is -2.30. The minimum absolute atomic E-state index is 0.0130. The van der Waals surface area contributed by atoms with Crippen LogP contribution in [0.2, 0.25) is 0 Å². The highest BCUT2D eigenvalue weighted by atomic mass is 16.5. The molecule has 2 aromatic rings. The van der Waals surface area contributed by atoms with Crippen LogP contribution in [0.5, 0.6) is 5.75 Å². The maximum atomic E-state index is 11.9. The van der Waals surface area contributed by atoms with Gasteiger partial charge in [-0.1, -0.05) is 24.2 Å². The van der Waals surface area contributed by atoms with E-state index in [2.05, 4.69) is 27.8 Å². The van der Waals surface area contributed by atoms with E-state index in [4.69, 9.17) is 10.5 Å². The highest BCUT2D eigenvalue weighted by Gasteiger charge is 2.12. The number of aromatic nitrogens is 4. The number of hydrogen-bond acceptors (Lipinski definition) is 6. The molecule has 1 atom stereocenters. The van der Waals surface area contributed by atoms with Crippen molar-refractivity contribution >= 4 is 11.9 Å². The van der Waals surface area contributed by atoms with Crippen LogP contribution < -0.4 is 15.8 Å². The lowest BCUT2D eigenvalue weighted by molar-refractivity contribution is -0.122. The number of anilines is 1. The molecule has 0 bridgehead atoms. The lowest BCUT2D eigenvalue weighted by atomic mass is 10.1. The fourth-order valence-electron chi connectivity index (χ4n) is 1.90. The zero-order valence-electron chi connectivity index (χ0n) is 12.7. The van der Waals surface area contributed by atoms with Crippen molar-refractivity contribution in [1.29, 1.82) is 0 Å². The Morgan fingerprint density at radius 2 is 2.14 bits per heavy atom. The molecule has 1 aromatic carbocycles. The van der Waals surface area contributed by atoms with Gasteiger partial charge in [-0.3, -0.25) is 4.79 Å². The van der Waals surface area contributed by atoms with Crippen molar-refractivity contribution in [3.8, 4) is 5.75 Å². The molecule has 22 heavy (non-hydrogen) atoms. The summed E-state index contributed by atoms with van der Waals surface area (Å²) in [5, 5.41) is 13.4. The first-order valence-corrected chi connectivity index (χ1v) is 7.14. The van der Waals surface area contributed by atoms with Crippen LogP contribution >= 0.6 is 0 Å². The predicted molar refractivity (Wildman–Crippen MR) is 81.0 cm³/mol. The monoisotopic (exact) mass is 304 g/mol. The number of carbonyl (C=O) groups is 1. The number of ether oxygens (including phenoxy) is 1. The fraction of sp³-hybridized carbons (Fsp3) is 0.429. The van der Waals surface area contributed by atoms with Gasteiger partial charge in [0, 0.05) is 0 Å². The molecule has 0 spiro atoms. The second-order valence-electron chi connectivity index (χ2n) is 4.90. The molecule has 0 saturated carbocycles. The maximum Gasteiger partial charge on any atom is 0.242 e. The summed E-state index contributed by atoms with van der Waals surface area (Å²) >= 11 is 0. The van der Waals surface area contributed by atoms with Gasteiger partial charge in [0.05, 0.1) is 12.6 Å². The van der Waals surface area contributed by atoms with E-state index in [1.165, 1.54) is 4.68 Å². The molecule has 0 saturated heterocycles. The lowest BCUT2D eigenvalue weighted by Gasteiger charge is -2.15. The molecule has 1 amide bonds. The summed E-state index contributed by atoms with van der Waals surface area (Å²) in [6, 6.07) is 7.52. The third-order valence-electron chi connectivity index (χ3n) is 3.08. The summed E-state index contributed by atoms with van der Waals surface area (Å²) in [5.74, 6) is 0.726. The van der Waals surface area contributed by atoms with E-state index < -0.39 is 0 Å². The van der Waals surface area contributed by atoms with Crippen LogP contribution in [0.3, 0.4) is 0 Å². The average Bonchev–Trinajstić information content (AvgIpc) is 2.90. The molecule has 8 heteroatoms. The number of nitrogens with zero attached hydrogens (tertiary/aromatic N) is 4. The Labute approximate surface area is 128 Å². The number of nitrogens with two attached hydrogens (primary N) is 1. The van der Waals surface area contributed by atoms with E-state index in [0.29, 0.717) is 6.61 Å². The topological polar surface area (TPSA) is 108 Å². The zero-order chi connectivity index (χ0) is 15.9. The molecular formula is C14H20N6O2. The number of rotatable bonds is 7. The van der Waals surface area contributed by atoms with Crippen LogP contribution in [-0.2, 0) is 11.3 Å². The number of nitrogen functional groups attached to an aromatic ring is 1. The van der Waals surface area contributed by atoms with Crippen LogP contribution in [0.1, 0.15) is 31.9 Å². The van der Waals surface area contributed by atoms with Gasteiger partial charge in [0.25, 0.3) is 0 Å². The third-order valence-corrected chi connectivity index (χ3v) is 3.08. The van der Waals surface area contributed by atoms with Crippen molar-refractivity contribution in [3.05, 3.63) is 29.8 Å². The predicted octanol–water partition coefficient (Wildman–Crippen LogP) is 0.921. The molecule has 3 N–H and O–H groups in total. The van der Waals surface area contributed by atoms with E-state index >= 15 is 0 Å². The molecule has 1 aromatic heterocycles. The van der Waals surface area contributed by atoms with E-state index in [1.807, 2.05) is 31.2 Å². The average molecular weight is 304 g/mol. The van der Waals surface area contributed by atoms with Gasteiger partial charge in [-0.25, -0.2) is 4.68 Å². The van der Waals surface area contributed by atoms with Gasteiger partial charge < -0.3 is 15.8 Å². The van der Waals surface area contributed by atoms with Gasteiger partial charge in [0.2, 0.25) is 11.9 Å². The van der Waals surface area contributed by atoms with Crippen LogP contribution in [-0.4, -0.2) is 32.7 Å². The smallest absolute Gasteiger partial charge is 0.242 e. The Kier molecular flexibility index (Phi) is 5.29. The van der Waals surface area contributed by atoms with Crippen LogP contribution in [0.25, 0.3) is 0 Å². The molecule has 8 nitrogen and oxygen atoms in total. The van der Waals surface area contributed by atoms with E-state index in [9.17, 15) is 4.79 Å². The van der Waals surface area contributed by atoms with Gasteiger partial charge >= 0.3 is 0 Å². The van der Waals surface area contributed by atoms with Crippen molar-refractivity contribution in [3.63, 3.8) is 0 Å². The minimum Gasteiger partial charge on any atom is -0.494 e. The van der Waals surface area contributed by atoms with Crippen LogP contribution in [0.4, 0.5) is 5.95 Å². The molecular weight excluding hydrogens is 284 g/mol. The maximum absolute atomic E-state index is 11.9. The van der Waals surface area contributed by atoms with E-state index in [1.54, 1.807) is 0 Å². The van der Waals surface area contributed by atoms with Crippen molar-refractivity contribution in [1.82, 2.24) is 25.5 Å². The number of hydrogen-bond donors (Lipinski definition) is 2. The molecule has 0 radical (unpaired) electrons. The first-order chi connectivity index (χ1) is 10.6.